The number of nitro groups is 2. The molecule has 0 aliphatic carbocycles. The zero-order valence-electron chi connectivity index (χ0n) is 12.7. The average molecular weight is 384 g/mol. The van der Waals surface area contributed by atoms with E-state index in [9.17, 15) is 20.2 Å². The minimum absolute atomic E-state index is 0.0438. The van der Waals surface area contributed by atoms with Crippen molar-refractivity contribution in [2.75, 3.05) is 5.43 Å². The molecular formula is C14H11Cl2N5O4. The summed E-state index contributed by atoms with van der Waals surface area (Å²) in [5.74, 6) is 0.344. The summed E-state index contributed by atoms with van der Waals surface area (Å²) in [4.78, 5) is 24.6. The van der Waals surface area contributed by atoms with Gasteiger partial charge in [0.2, 0.25) is 0 Å². The Morgan fingerprint density at radius 1 is 1.08 bits per heavy atom. The van der Waals surface area contributed by atoms with Gasteiger partial charge in [-0.15, -0.1) is 0 Å². The highest BCUT2D eigenvalue weighted by Gasteiger charge is 2.19. The molecule has 0 heterocycles. The second-order valence-electron chi connectivity index (χ2n) is 4.76. The van der Waals surface area contributed by atoms with E-state index in [0.29, 0.717) is 21.6 Å². The monoisotopic (exact) mass is 383 g/mol. The fraction of sp³-hybridized carbons (Fsp3) is 0.0714. The predicted octanol–water partition coefficient (Wildman–Crippen LogP) is 4.48. The van der Waals surface area contributed by atoms with Gasteiger partial charge in [0.15, 0.2) is 0 Å². The molecule has 2 rings (SSSR count). The van der Waals surface area contributed by atoms with Crippen LogP contribution in [0.5, 0.6) is 0 Å². The molecule has 0 aromatic heterocycles. The summed E-state index contributed by atoms with van der Waals surface area (Å²) in [5.41, 5.74) is 4.89. The quantitative estimate of drug-likeness (QED) is 0.339. The molecule has 0 bridgehead atoms. The molecule has 0 unspecified atom stereocenters. The highest BCUT2D eigenvalue weighted by molar-refractivity contribution is 6.35. The van der Waals surface area contributed by atoms with Gasteiger partial charge in [-0.1, -0.05) is 23.2 Å². The van der Waals surface area contributed by atoms with Crippen molar-refractivity contribution in [2.24, 2.45) is 4.99 Å². The number of hydrogen-bond acceptors (Lipinski definition) is 6. The molecule has 130 valence electrons. The number of aliphatic imine (C=N–C) groups is 1. The van der Waals surface area contributed by atoms with Crippen LogP contribution in [0.1, 0.15) is 6.92 Å². The molecule has 2 aromatic rings. The average Bonchev–Trinajstić information content (AvgIpc) is 2.56. The Labute approximate surface area is 151 Å². The van der Waals surface area contributed by atoms with Crippen LogP contribution in [0, 0.1) is 20.2 Å². The van der Waals surface area contributed by atoms with Crippen LogP contribution >= 0.6 is 23.2 Å². The summed E-state index contributed by atoms with van der Waals surface area (Å²) in [6.45, 7) is 1.60. The SMILES string of the molecule is CC(=Nc1cc(Cl)ccc1Cl)NNc1ccc([N+](=O)[O-])cc1[N+](=O)[O-]. The standard InChI is InChI=1S/C14H11Cl2N5O4/c1-8(17-13-6-9(15)2-4-11(13)16)18-19-12-5-3-10(20(22)23)7-14(12)21(24)25/h2-7,19H,1H3,(H,17,18). The summed E-state index contributed by atoms with van der Waals surface area (Å²) < 4.78 is 0. The van der Waals surface area contributed by atoms with Crippen LogP contribution in [-0.2, 0) is 0 Å². The molecule has 0 aliphatic heterocycles. The van der Waals surface area contributed by atoms with Gasteiger partial charge in [-0.2, -0.15) is 0 Å². The fourth-order valence-electron chi connectivity index (χ4n) is 1.83. The van der Waals surface area contributed by atoms with E-state index in [4.69, 9.17) is 23.2 Å². The van der Waals surface area contributed by atoms with E-state index in [-0.39, 0.29) is 11.4 Å². The van der Waals surface area contributed by atoms with Gasteiger partial charge in [-0.3, -0.25) is 31.1 Å². The van der Waals surface area contributed by atoms with Gasteiger partial charge in [0.05, 0.1) is 26.6 Å². The lowest BCUT2D eigenvalue weighted by molar-refractivity contribution is -0.393. The Hall–Kier alpha value is -2.91. The van der Waals surface area contributed by atoms with Crippen molar-refractivity contribution in [3.8, 4) is 0 Å². The lowest BCUT2D eigenvalue weighted by Crippen LogP contribution is -2.27. The van der Waals surface area contributed by atoms with E-state index in [1.165, 1.54) is 6.07 Å². The molecular weight excluding hydrogens is 373 g/mol. The number of nitro benzene ring substituents is 2. The van der Waals surface area contributed by atoms with Gasteiger partial charge < -0.3 is 0 Å². The molecule has 2 aromatic carbocycles. The first-order chi connectivity index (χ1) is 11.8. The summed E-state index contributed by atoms with van der Waals surface area (Å²) >= 11 is 11.9. The number of hydrogen-bond donors (Lipinski definition) is 2. The van der Waals surface area contributed by atoms with Crippen LogP contribution in [0.2, 0.25) is 10.0 Å². The van der Waals surface area contributed by atoms with Crippen molar-refractivity contribution in [2.45, 2.75) is 6.92 Å². The maximum Gasteiger partial charge on any atom is 0.300 e. The Balaban J connectivity index is 2.20. The maximum atomic E-state index is 11.1. The Bertz CT molecular complexity index is 872. The van der Waals surface area contributed by atoms with Gasteiger partial charge in [-0.05, 0) is 31.2 Å². The van der Waals surface area contributed by atoms with Crippen LogP contribution in [0.25, 0.3) is 0 Å². The third-order valence-electron chi connectivity index (χ3n) is 2.96. The molecule has 0 amide bonds. The number of halogens is 2. The van der Waals surface area contributed by atoms with Crippen LogP contribution in [0.4, 0.5) is 22.7 Å². The second-order valence-corrected chi connectivity index (χ2v) is 5.60. The molecule has 0 fully saturated rings. The van der Waals surface area contributed by atoms with Crippen molar-refractivity contribution in [1.29, 1.82) is 0 Å². The summed E-state index contributed by atoms with van der Waals surface area (Å²) in [6.07, 6.45) is 0. The van der Waals surface area contributed by atoms with Crippen molar-refractivity contribution in [3.63, 3.8) is 0 Å². The summed E-state index contributed by atoms with van der Waals surface area (Å²) in [7, 11) is 0. The molecule has 9 nitrogen and oxygen atoms in total. The molecule has 25 heavy (non-hydrogen) atoms. The topological polar surface area (TPSA) is 123 Å². The molecule has 0 saturated heterocycles. The van der Waals surface area contributed by atoms with Crippen molar-refractivity contribution >= 4 is 51.8 Å². The predicted molar refractivity (Wildman–Crippen MR) is 95.7 cm³/mol. The molecule has 0 aliphatic rings. The van der Waals surface area contributed by atoms with Crippen LogP contribution in [-0.4, -0.2) is 15.7 Å². The van der Waals surface area contributed by atoms with Crippen molar-refractivity contribution in [1.82, 2.24) is 5.43 Å². The highest BCUT2D eigenvalue weighted by atomic mass is 35.5. The van der Waals surface area contributed by atoms with Gasteiger partial charge >= 0.3 is 5.69 Å². The third-order valence-corrected chi connectivity index (χ3v) is 3.52. The first-order valence-electron chi connectivity index (χ1n) is 6.73. The van der Waals surface area contributed by atoms with E-state index in [2.05, 4.69) is 15.8 Å². The van der Waals surface area contributed by atoms with Crippen LogP contribution < -0.4 is 10.9 Å². The molecule has 11 heteroatoms. The fourth-order valence-corrected chi connectivity index (χ4v) is 2.15. The number of rotatable bonds is 5. The first kappa shape index (κ1) is 18.4. The van der Waals surface area contributed by atoms with E-state index in [1.54, 1.807) is 25.1 Å². The number of nitrogens with one attached hydrogen (secondary N) is 2. The third kappa shape index (κ3) is 4.78. The zero-order chi connectivity index (χ0) is 18.6. The summed E-state index contributed by atoms with van der Waals surface area (Å²) in [6, 6.07) is 8.00. The molecule has 0 radical (unpaired) electrons. The first-order valence-corrected chi connectivity index (χ1v) is 7.48. The van der Waals surface area contributed by atoms with Crippen LogP contribution in [0.15, 0.2) is 41.4 Å². The number of non-ortho nitro benzene ring substituents is 1. The number of anilines is 1. The van der Waals surface area contributed by atoms with Gasteiger partial charge in [0, 0.05) is 11.1 Å². The number of benzene rings is 2. The van der Waals surface area contributed by atoms with E-state index in [1.807, 2.05) is 0 Å². The van der Waals surface area contributed by atoms with E-state index in [0.717, 1.165) is 12.1 Å². The molecule has 0 spiro atoms. The van der Waals surface area contributed by atoms with Crippen molar-refractivity contribution in [3.05, 3.63) is 66.7 Å². The zero-order valence-corrected chi connectivity index (χ0v) is 14.2. The van der Waals surface area contributed by atoms with E-state index < -0.39 is 15.5 Å². The smallest absolute Gasteiger partial charge is 0.294 e. The lowest BCUT2D eigenvalue weighted by Gasteiger charge is -2.10. The molecule has 2 N–H and O–H groups in total. The molecule has 0 atom stereocenters. The second kappa shape index (κ2) is 7.77. The Kier molecular flexibility index (Phi) is 5.73. The lowest BCUT2D eigenvalue weighted by atomic mass is 10.2. The largest absolute Gasteiger partial charge is 0.300 e. The minimum atomic E-state index is -0.725. The van der Waals surface area contributed by atoms with Gasteiger partial charge in [0.25, 0.3) is 5.69 Å². The van der Waals surface area contributed by atoms with E-state index >= 15 is 0 Å². The van der Waals surface area contributed by atoms with Crippen molar-refractivity contribution < 1.29 is 9.85 Å². The minimum Gasteiger partial charge on any atom is -0.294 e. The van der Waals surface area contributed by atoms with Crippen LogP contribution in [0.3, 0.4) is 0 Å². The molecule has 0 saturated carbocycles. The summed E-state index contributed by atoms with van der Waals surface area (Å²) in [5, 5.41) is 22.6. The number of nitrogens with zero attached hydrogens (tertiary/aromatic N) is 3. The normalized spacial score (nSPS) is 11.1. The highest BCUT2D eigenvalue weighted by Crippen LogP contribution is 2.29. The Morgan fingerprint density at radius 2 is 1.80 bits per heavy atom. The van der Waals surface area contributed by atoms with Gasteiger partial charge in [-0.25, -0.2) is 4.99 Å². The number of amidine groups is 1. The Morgan fingerprint density at radius 3 is 2.44 bits per heavy atom. The van der Waals surface area contributed by atoms with Gasteiger partial charge in [0.1, 0.15) is 11.5 Å². The number of hydrazine groups is 1. The maximum absolute atomic E-state index is 11.1.